The first-order valence-electron chi connectivity index (χ1n) is 3.47. The molecule has 0 radical (unpaired) electrons. The maximum absolute atomic E-state index is 10.5. The van der Waals surface area contributed by atoms with Gasteiger partial charge in [0, 0.05) is 13.3 Å². The van der Waals surface area contributed by atoms with E-state index in [1.165, 1.54) is 6.92 Å². The maximum atomic E-state index is 10.5. The Morgan fingerprint density at radius 2 is 2.36 bits per heavy atom. The highest BCUT2D eigenvalue weighted by molar-refractivity contribution is 5.73. The molecule has 2 N–H and O–H groups in total. The SMILES string of the molecule is C#C[C@H](C[C@@H](C)O)NC(C)=O. The van der Waals surface area contributed by atoms with E-state index in [4.69, 9.17) is 11.5 Å². The molecule has 0 aliphatic heterocycles. The van der Waals surface area contributed by atoms with E-state index in [-0.39, 0.29) is 11.9 Å². The molecule has 0 saturated carbocycles. The van der Waals surface area contributed by atoms with Gasteiger partial charge >= 0.3 is 0 Å². The van der Waals surface area contributed by atoms with Crippen LogP contribution in [0.25, 0.3) is 0 Å². The van der Waals surface area contributed by atoms with E-state index in [2.05, 4.69) is 11.2 Å². The van der Waals surface area contributed by atoms with Crippen molar-refractivity contribution in [2.24, 2.45) is 0 Å². The van der Waals surface area contributed by atoms with Crippen LogP contribution in [0, 0.1) is 12.3 Å². The van der Waals surface area contributed by atoms with Crippen molar-refractivity contribution in [1.29, 1.82) is 0 Å². The standard InChI is InChI=1S/C8H13NO2/c1-4-8(5-6(2)10)9-7(3)11/h1,6,8,10H,5H2,2-3H3,(H,9,11)/t6-,8-/m1/s1. The average molecular weight is 155 g/mol. The molecule has 0 aliphatic rings. The lowest BCUT2D eigenvalue weighted by atomic mass is 10.1. The average Bonchev–Trinajstić information content (AvgIpc) is 1.84. The van der Waals surface area contributed by atoms with Crippen molar-refractivity contribution in [1.82, 2.24) is 5.32 Å². The Hall–Kier alpha value is -1.01. The van der Waals surface area contributed by atoms with E-state index in [0.717, 1.165) is 0 Å². The summed E-state index contributed by atoms with van der Waals surface area (Å²) in [6.07, 6.45) is 5.01. The Kier molecular flexibility index (Phi) is 4.32. The topological polar surface area (TPSA) is 49.3 Å². The summed E-state index contributed by atoms with van der Waals surface area (Å²) in [5.74, 6) is 2.20. The molecule has 0 spiro atoms. The Bertz CT molecular complexity index is 169. The van der Waals surface area contributed by atoms with Crippen molar-refractivity contribution in [3.63, 3.8) is 0 Å². The van der Waals surface area contributed by atoms with Crippen LogP contribution in [0.15, 0.2) is 0 Å². The predicted molar refractivity (Wildman–Crippen MR) is 42.7 cm³/mol. The summed E-state index contributed by atoms with van der Waals surface area (Å²) >= 11 is 0. The molecule has 3 heteroatoms. The molecule has 62 valence electrons. The van der Waals surface area contributed by atoms with E-state index < -0.39 is 6.10 Å². The zero-order valence-corrected chi connectivity index (χ0v) is 6.79. The molecule has 3 nitrogen and oxygen atoms in total. The lowest BCUT2D eigenvalue weighted by molar-refractivity contribution is -0.119. The molecule has 11 heavy (non-hydrogen) atoms. The number of rotatable bonds is 3. The lowest BCUT2D eigenvalue weighted by Gasteiger charge is -2.12. The Morgan fingerprint density at radius 1 is 1.82 bits per heavy atom. The van der Waals surface area contributed by atoms with E-state index in [1.54, 1.807) is 6.92 Å². The summed E-state index contributed by atoms with van der Waals surface area (Å²) in [4.78, 5) is 10.5. The minimum Gasteiger partial charge on any atom is -0.393 e. The van der Waals surface area contributed by atoms with Crippen molar-refractivity contribution in [3.8, 4) is 12.3 Å². The van der Waals surface area contributed by atoms with E-state index in [9.17, 15) is 4.79 Å². The first-order chi connectivity index (χ1) is 5.06. The second-order valence-corrected chi connectivity index (χ2v) is 2.50. The Balaban J connectivity index is 3.79. The number of amides is 1. The number of aliphatic hydroxyl groups excluding tert-OH is 1. The van der Waals surface area contributed by atoms with E-state index in [0.29, 0.717) is 6.42 Å². The van der Waals surface area contributed by atoms with Crippen molar-refractivity contribution in [2.45, 2.75) is 32.4 Å². The van der Waals surface area contributed by atoms with Crippen LogP contribution in [0.5, 0.6) is 0 Å². The summed E-state index contributed by atoms with van der Waals surface area (Å²) in [5.41, 5.74) is 0. The highest BCUT2D eigenvalue weighted by Crippen LogP contribution is 1.95. The molecular formula is C8H13NO2. The third kappa shape index (κ3) is 5.43. The smallest absolute Gasteiger partial charge is 0.217 e. The minimum atomic E-state index is -0.483. The molecule has 0 rings (SSSR count). The molecule has 0 heterocycles. The molecule has 0 saturated heterocycles. The lowest BCUT2D eigenvalue weighted by Crippen LogP contribution is -2.34. The van der Waals surface area contributed by atoms with Crippen LogP contribution in [-0.4, -0.2) is 23.2 Å². The summed E-state index contributed by atoms with van der Waals surface area (Å²) in [7, 11) is 0. The van der Waals surface area contributed by atoms with Gasteiger partial charge < -0.3 is 10.4 Å². The van der Waals surface area contributed by atoms with Crippen LogP contribution in [0.4, 0.5) is 0 Å². The third-order valence-electron chi connectivity index (χ3n) is 1.16. The number of hydrogen-bond donors (Lipinski definition) is 2. The van der Waals surface area contributed by atoms with Gasteiger partial charge in [0.25, 0.3) is 0 Å². The fourth-order valence-electron chi connectivity index (χ4n) is 0.755. The summed E-state index contributed by atoms with van der Waals surface area (Å²) in [5, 5.41) is 11.4. The van der Waals surface area contributed by atoms with Crippen molar-refractivity contribution < 1.29 is 9.90 Å². The van der Waals surface area contributed by atoms with Crippen LogP contribution < -0.4 is 5.32 Å². The van der Waals surface area contributed by atoms with Crippen LogP contribution in [0.1, 0.15) is 20.3 Å². The molecule has 0 aromatic heterocycles. The number of terminal acetylenes is 1. The number of aliphatic hydroxyl groups is 1. The monoisotopic (exact) mass is 155 g/mol. The minimum absolute atomic E-state index is 0.173. The van der Waals surface area contributed by atoms with Gasteiger partial charge in [-0.25, -0.2) is 0 Å². The zero-order chi connectivity index (χ0) is 8.85. The summed E-state index contributed by atoms with van der Waals surface area (Å²) in [6, 6.07) is -0.354. The van der Waals surface area contributed by atoms with Crippen molar-refractivity contribution in [2.75, 3.05) is 0 Å². The fraction of sp³-hybridized carbons (Fsp3) is 0.625. The van der Waals surface area contributed by atoms with Gasteiger partial charge in [0.2, 0.25) is 5.91 Å². The highest BCUT2D eigenvalue weighted by atomic mass is 16.3. The Morgan fingerprint density at radius 3 is 2.64 bits per heavy atom. The second kappa shape index (κ2) is 4.75. The van der Waals surface area contributed by atoms with Crippen LogP contribution in [-0.2, 0) is 4.79 Å². The van der Waals surface area contributed by atoms with Crippen LogP contribution >= 0.6 is 0 Å². The van der Waals surface area contributed by atoms with Crippen LogP contribution in [0.2, 0.25) is 0 Å². The first kappa shape index (κ1) is 9.99. The molecule has 0 unspecified atom stereocenters. The largest absolute Gasteiger partial charge is 0.393 e. The first-order valence-corrected chi connectivity index (χ1v) is 3.47. The molecule has 0 fully saturated rings. The normalized spacial score (nSPS) is 14.7. The maximum Gasteiger partial charge on any atom is 0.217 e. The predicted octanol–water partition coefficient (Wildman–Crippen LogP) is -0.105. The number of hydrogen-bond acceptors (Lipinski definition) is 2. The van der Waals surface area contributed by atoms with Gasteiger partial charge in [-0.05, 0) is 6.92 Å². The van der Waals surface area contributed by atoms with Gasteiger partial charge in [-0.15, -0.1) is 6.42 Å². The van der Waals surface area contributed by atoms with Gasteiger partial charge in [0.1, 0.15) is 0 Å². The summed E-state index contributed by atoms with van der Waals surface area (Å²) < 4.78 is 0. The fourth-order valence-corrected chi connectivity index (χ4v) is 0.755. The Labute approximate surface area is 66.8 Å². The van der Waals surface area contributed by atoms with E-state index in [1.807, 2.05) is 0 Å². The number of carbonyl (C=O) groups excluding carboxylic acids is 1. The van der Waals surface area contributed by atoms with Gasteiger partial charge in [-0.1, -0.05) is 5.92 Å². The van der Waals surface area contributed by atoms with Gasteiger partial charge in [-0.3, -0.25) is 4.79 Å². The van der Waals surface area contributed by atoms with Crippen LogP contribution in [0.3, 0.4) is 0 Å². The molecule has 2 atom stereocenters. The van der Waals surface area contributed by atoms with Crippen molar-refractivity contribution >= 4 is 5.91 Å². The second-order valence-electron chi connectivity index (χ2n) is 2.50. The van der Waals surface area contributed by atoms with Crippen molar-refractivity contribution in [3.05, 3.63) is 0 Å². The highest BCUT2D eigenvalue weighted by Gasteiger charge is 2.08. The molecule has 1 amide bonds. The van der Waals surface area contributed by atoms with Gasteiger partial charge in [0.15, 0.2) is 0 Å². The molecule has 0 aromatic rings. The summed E-state index contributed by atoms with van der Waals surface area (Å²) in [6.45, 7) is 3.03. The van der Waals surface area contributed by atoms with Gasteiger partial charge in [-0.2, -0.15) is 0 Å². The quantitative estimate of drug-likeness (QED) is 0.559. The van der Waals surface area contributed by atoms with E-state index >= 15 is 0 Å². The third-order valence-corrected chi connectivity index (χ3v) is 1.16. The molecule has 0 aromatic carbocycles. The zero-order valence-electron chi connectivity index (χ0n) is 6.79. The number of carbonyl (C=O) groups is 1. The van der Waals surface area contributed by atoms with Gasteiger partial charge in [0.05, 0.1) is 12.1 Å². The molecule has 0 bridgehead atoms. The molecular weight excluding hydrogens is 142 g/mol. The number of nitrogens with one attached hydrogen (secondary N) is 1. The molecule has 0 aliphatic carbocycles.